The maximum atomic E-state index is 4.10. The zero-order valence-electron chi connectivity index (χ0n) is 11.7. The summed E-state index contributed by atoms with van der Waals surface area (Å²) < 4.78 is 0. The quantitative estimate of drug-likeness (QED) is 0.714. The summed E-state index contributed by atoms with van der Waals surface area (Å²) in [5, 5.41) is 0. The average molecular weight is 243 g/mol. The average Bonchev–Trinajstić information content (AvgIpc) is 2.40. The van der Waals surface area contributed by atoms with Crippen molar-refractivity contribution in [1.29, 1.82) is 0 Å². The first kappa shape index (κ1) is 13.4. The van der Waals surface area contributed by atoms with Gasteiger partial charge in [0.2, 0.25) is 0 Å². The van der Waals surface area contributed by atoms with Crippen LogP contribution in [0.2, 0.25) is 0 Å². The molecule has 1 aliphatic carbocycles. The molecule has 0 bridgehead atoms. The minimum absolute atomic E-state index is 0.751. The van der Waals surface area contributed by atoms with Gasteiger partial charge in [-0.3, -0.25) is 4.90 Å². The molecule has 0 aliphatic heterocycles. The van der Waals surface area contributed by atoms with Crippen LogP contribution in [0, 0.1) is 5.92 Å². The molecule has 1 heteroatoms. The Labute approximate surface area is 112 Å². The molecule has 0 N–H and O–H groups in total. The number of nitrogens with zero attached hydrogens (tertiary/aromatic N) is 1. The van der Waals surface area contributed by atoms with Gasteiger partial charge in [0.25, 0.3) is 0 Å². The van der Waals surface area contributed by atoms with E-state index >= 15 is 0 Å². The van der Waals surface area contributed by atoms with Gasteiger partial charge in [-0.1, -0.05) is 42.5 Å². The third-order valence-electron chi connectivity index (χ3n) is 4.29. The van der Waals surface area contributed by atoms with Crippen molar-refractivity contribution in [2.75, 3.05) is 7.05 Å². The summed E-state index contributed by atoms with van der Waals surface area (Å²) in [6.07, 6.45) is 5.28. The van der Waals surface area contributed by atoms with Crippen LogP contribution >= 0.6 is 0 Å². The number of allylic oxidation sites excluding steroid dienone is 1. The monoisotopic (exact) mass is 243 g/mol. The highest BCUT2D eigenvalue weighted by Crippen LogP contribution is 2.31. The first-order chi connectivity index (χ1) is 8.66. The van der Waals surface area contributed by atoms with Gasteiger partial charge in [-0.2, -0.15) is 0 Å². The van der Waals surface area contributed by atoms with Crippen LogP contribution in [0.1, 0.15) is 38.2 Å². The summed E-state index contributed by atoms with van der Waals surface area (Å²) in [6, 6.07) is 11.5. The molecule has 1 aromatic rings. The molecule has 0 heterocycles. The largest absolute Gasteiger partial charge is 0.299 e. The van der Waals surface area contributed by atoms with Crippen molar-refractivity contribution in [2.45, 2.75) is 45.2 Å². The van der Waals surface area contributed by atoms with Crippen LogP contribution in [-0.4, -0.2) is 18.0 Å². The lowest BCUT2D eigenvalue weighted by Crippen LogP contribution is -2.34. The Bertz CT molecular complexity index is 374. The van der Waals surface area contributed by atoms with E-state index in [-0.39, 0.29) is 0 Å². The Balaban J connectivity index is 1.84. The van der Waals surface area contributed by atoms with E-state index < -0.39 is 0 Å². The van der Waals surface area contributed by atoms with Crippen molar-refractivity contribution in [3.05, 3.63) is 48.0 Å². The smallest absolute Gasteiger partial charge is 0.0233 e. The Morgan fingerprint density at radius 2 is 1.78 bits per heavy atom. The molecule has 2 rings (SSSR count). The summed E-state index contributed by atoms with van der Waals surface area (Å²) in [7, 11) is 2.26. The highest BCUT2D eigenvalue weighted by Gasteiger charge is 2.24. The normalized spacial score (nSPS) is 24.2. The lowest BCUT2D eigenvalue weighted by Gasteiger charge is -2.35. The van der Waals surface area contributed by atoms with Crippen LogP contribution in [-0.2, 0) is 6.54 Å². The molecule has 0 saturated heterocycles. The predicted octanol–water partition coefficient (Wildman–Crippen LogP) is 4.25. The van der Waals surface area contributed by atoms with Crippen LogP contribution in [0.3, 0.4) is 0 Å². The van der Waals surface area contributed by atoms with Crippen LogP contribution in [0.5, 0.6) is 0 Å². The Morgan fingerprint density at radius 3 is 2.33 bits per heavy atom. The Kier molecular flexibility index (Phi) is 4.60. The Hall–Kier alpha value is -1.08. The van der Waals surface area contributed by atoms with E-state index in [0.29, 0.717) is 0 Å². The molecule has 0 amide bonds. The minimum Gasteiger partial charge on any atom is -0.299 e. The minimum atomic E-state index is 0.751. The molecule has 0 atom stereocenters. The van der Waals surface area contributed by atoms with Crippen LogP contribution in [0.4, 0.5) is 0 Å². The van der Waals surface area contributed by atoms with Crippen LogP contribution in [0.25, 0.3) is 0 Å². The van der Waals surface area contributed by atoms with Gasteiger partial charge in [0.15, 0.2) is 0 Å². The fraction of sp³-hybridized carbons (Fsp3) is 0.529. The molecular formula is C17H25N. The molecule has 1 saturated carbocycles. The van der Waals surface area contributed by atoms with Gasteiger partial charge >= 0.3 is 0 Å². The number of hydrogen-bond donors (Lipinski definition) is 0. The number of rotatable bonds is 4. The van der Waals surface area contributed by atoms with E-state index in [1.54, 1.807) is 0 Å². The summed E-state index contributed by atoms with van der Waals surface area (Å²) in [5.74, 6) is 0.770. The second-order valence-corrected chi connectivity index (χ2v) is 5.75. The summed E-state index contributed by atoms with van der Waals surface area (Å²) >= 11 is 0. The van der Waals surface area contributed by atoms with E-state index in [9.17, 15) is 0 Å². The molecule has 0 radical (unpaired) electrons. The van der Waals surface area contributed by atoms with Crippen molar-refractivity contribution in [3.8, 4) is 0 Å². The van der Waals surface area contributed by atoms with Gasteiger partial charge < -0.3 is 0 Å². The lowest BCUT2D eigenvalue weighted by molar-refractivity contribution is 0.168. The zero-order valence-corrected chi connectivity index (χ0v) is 11.7. The summed E-state index contributed by atoms with van der Waals surface area (Å²) in [4.78, 5) is 2.52. The Morgan fingerprint density at radius 1 is 1.17 bits per heavy atom. The molecule has 1 fully saturated rings. The molecule has 1 aliphatic rings. The first-order valence-electron chi connectivity index (χ1n) is 7.06. The van der Waals surface area contributed by atoms with Gasteiger partial charge in [-0.05, 0) is 51.1 Å². The first-order valence-corrected chi connectivity index (χ1v) is 7.06. The van der Waals surface area contributed by atoms with Gasteiger partial charge in [0.1, 0.15) is 0 Å². The molecular weight excluding hydrogens is 218 g/mol. The van der Waals surface area contributed by atoms with Crippen molar-refractivity contribution in [3.63, 3.8) is 0 Å². The summed E-state index contributed by atoms with van der Waals surface area (Å²) in [5.41, 5.74) is 2.79. The van der Waals surface area contributed by atoms with E-state index in [1.807, 2.05) is 0 Å². The van der Waals surface area contributed by atoms with E-state index in [4.69, 9.17) is 0 Å². The standard InChI is InChI=1S/C17H25N/c1-14(2)16-9-11-17(12-10-16)18(3)13-15-7-5-4-6-8-15/h4-8,16-17H,1,9-13H2,2-3H3. The molecule has 1 nitrogen and oxygen atoms in total. The highest BCUT2D eigenvalue weighted by molar-refractivity contribution is 5.14. The maximum Gasteiger partial charge on any atom is 0.0233 e. The van der Waals surface area contributed by atoms with E-state index in [0.717, 1.165) is 18.5 Å². The summed E-state index contributed by atoms with van der Waals surface area (Å²) in [6.45, 7) is 7.35. The van der Waals surface area contributed by atoms with Crippen LogP contribution in [0.15, 0.2) is 42.5 Å². The third kappa shape index (κ3) is 3.46. The fourth-order valence-corrected chi connectivity index (χ4v) is 3.01. The third-order valence-corrected chi connectivity index (χ3v) is 4.29. The van der Waals surface area contributed by atoms with Gasteiger partial charge in [-0.25, -0.2) is 0 Å². The molecule has 0 aromatic heterocycles. The zero-order chi connectivity index (χ0) is 13.0. The molecule has 18 heavy (non-hydrogen) atoms. The van der Waals surface area contributed by atoms with E-state index in [1.165, 1.54) is 36.8 Å². The van der Waals surface area contributed by atoms with Gasteiger partial charge in [0.05, 0.1) is 0 Å². The molecule has 0 spiro atoms. The van der Waals surface area contributed by atoms with E-state index in [2.05, 4.69) is 55.8 Å². The lowest BCUT2D eigenvalue weighted by atomic mass is 9.82. The van der Waals surface area contributed by atoms with Crippen molar-refractivity contribution in [1.82, 2.24) is 4.90 Å². The second-order valence-electron chi connectivity index (χ2n) is 5.75. The van der Waals surface area contributed by atoms with Crippen molar-refractivity contribution >= 4 is 0 Å². The maximum absolute atomic E-state index is 4.10. The van der Waals surface area contributed by atoms with Gasteiger partial charge in [-0.15, -0.1) is 0 Å². The second kappa shape index (κ2) is 6.19. The van der Waals surface area contributed by atoms with Crippen molar-refractivity contribution in [2.24, 2.45) is 5.92 Å². The van der Waals surface area contributed by atoms with Gasteiger partial charge in [0, 0.05) is 12.6 Å². The molecule has 98 valence electrons. The number of hydrogen-bond acceptors (Lipinski definition) is 1. The molecule has 0 unspecified atom stereocenters. The highest BCUT2D eigenvalue weighted by atomic mass is 15.1. The SMILES string of the molecule is C=C(C)C1CCC(N(C)Cc2ccccc2)CC1. The van der Waals surface area contributed by atoms with Crippen molar-refractivity contribution < 1.29 is 0 Å². The fourth-order valence-electron chi connectivity index (χ4n) is 3.01. The number of benzene rings is 1. The predicted molar refractivity (Wildman–Crippen MR) is 78.5 cm³/mol. The topological polar surface area (TPSA) is 3.24 Å². The molecule has 1 aromatic carbocycles. The van der Waals surface area contributed by atoms with Crippen LogP contribution < -0.4 is 0 Å².